The first-order valence-electron chi connectivity index (χ1n) is 4.60. The Morgan fingerprint density at radius 3 is 2.59 bits per heavy atom. The number of hydrogen-bond acceptors (Lipinski definition) is 4. The lowest BCUT2D eigenvalue weighted by atomic mass is 10.1. The van der Waals surface area contributed by atoms with Crippen LogP contribution in [0.2, 0.25) is 5.15 Å². The molecule has 0 aromatic carbocycles. The predicted octanol–water partition coefficient (Wildman–Crippen LogP) is 0.277. The van der Waals surface area contributed by atoms with Gasteiger partial charge in [-0.15, -0.1) is 0 Å². The van der Waals surface area contributed by atoms with Gasteiger partial charge in [0.05, 0.1) is 4.90 Å². The van der Waals surface area contributed by atoms with Crippen LogP contribution < -0.4 is 10.5 Å². The number of halogens is 1. The van der Waals surface area contributed by atoms with Crippen LogP contribution in [0.15, 0.2) is 23.2 Å². The smallest absolute Gasteiger partial charge is 0.241 e. The molecule has 0 fully saturated rings. The van der Waals surface area contributed by atoms with Gasteiger partial charge in [0.1, 0.15) is 10.7 Å². The summed E-state index contributed by atoms with van der Waals surface area (Å²) in [4.78, 5) is 14.6. The van der Waals surface area contributed by atoms with Crippen LogP contribution in [0.4, 0.5) is 0 Å². The van der Waals surface area contributed by atoms with E-state index in [1.165, 1.54) is 32.2 Å². The van der Waals surface area contributed by atoms with Gasteiger partial charge in [-0.3, -0.25) is 4.79 Å². The van der Waals surface area contributed by atoms with Gasteiger partial charge in [-0.1, -0.05) is 11.6 Å². The maximum absolute atomic E-state index is 11.9. The summed E-state index contributed by atoms with van der Waals surface area (Å²) < 4.78 is 26.0. The molecule has 3 N–H and O–H groups in total. The Morgan fingerprint density at radius 2 is 2.12 bits per heavy atom. The highest BCUT2D eigenvalue weighted by molar-refractivity contribution is 7.89. The van der Waals surface area contributed by atoms with Gasteiger partial charge in [0.25, 0.3) is 0 Å². The van der Waals surface area contributed by atoms with Crippen LogP contribution in [0.1, 0.15) is 13.8 Å². The molecule has 1 aromatic rings. The Bertz CT molecular complexity index is 542. The molecule has 0 atom stereocenters. The van der Waals surface area contributed by atoms with Crippen molar-refractivity contribution >= 4 is 27.5 Å². The van der Waals surface area contributed by atoms with Gasteiger partial charge in [-0.25, -0.2) is 13.4 Å². The topological polar surface area (TPSA) is 102 Å². The summed E-state index contributed by atoms with van der Waals surface area (Å²) in [6.07, 6.45) is 1.26. The summed E-state index contributed by atoms with van der Waals surface area (Å²) in [6, 6.07) is 2.45. The lowest BCUT2D eigenvalue weighted by Gasteiger charge is -2.21. The van der Waals surface area contributed by atoms with E-state index in [1.807, 2.05) is 0 Å². The molecule has 1 aromatic heterocycles. The normalized spacial score (nSPS) is 12.4. The molecule has 8 heteroatoms. The first-order valence-corrected chi connectivity index (χ1v) is 6.47. The molecule has 1 heterocycles. The molecule has 0 aliphatic heterocycles. The molecule has 17 heavy (non-hydrogen) atoms. The number of carbonyl (C=O) groups is 1. The molecule has 0 radical (unpaired) electrons. The maximum Gasteiger partial charge on any atom is 0.241 e. The minimum atomic E-state index is -3.86. The number of nitrogens with two attached hydrogens (primary N) is 1. The van der Waals surface area contributed by atoms with Gasteiger partial charge < -0.3 is 5.73 Å². The number of carbonyl (C=O) groups excluding carboxylic acids is 1. The summed E-state index contributed by atoms with van der Waals surface area (Å²) >= 11 is 5.59. The van der Waals surface area contributed by atoms with Crippen molar-refractivity contribution < 1.29 is 13.2 Å². The third-order valence-corrected chi connectivity index (χ3v) is 3.87. The number of sulfonamides is 1. The standard InChI is InChI=1S/C9H12ClN3O3S/c1-9(2,8(11)14)13-17(15,16)6-3-4-12-7(10)5-6/h3-5,13H,1-2H3,(H2,11,14). The number of hydrogen-bond donors (Lipinski definition) is 2. The SMILES string of the molecule is CC(C)(NS(=O)(=O)c1ccnc(Cl)c1)C(N)=O. The van der Waals surface area contributed by atoms with Crippen molar-refractivity contribution in [3.8, 4) is 0 Å². The van der Waals surface area contributed by atoms with Crippen molar-refractivity contribution in [1.82, 2.24) is 9.71 Å². The third kappa shape index (κ3) is 3.39. The summed E-state index contributed by atoms with van der Waals surface area (Å²) in [5, 5.41) is 0.0461. The van der Waals surface area contributed by atoms with Crippen LogP contribution in [0.5, 0.6) is 0 Å². The number of nitrogens with zero attached hydrogens (tertiary/aromatic N) is 1. The van der Waals surface area contributed by atoms with E-state index in [2.05, 4.69) is 9.71 Å². The van der Waals surface area contributed by atoms with Gasteiger partial charge in [0.2, 0.25) is 15.9 Å². The van der Waals surface area contributed by atoms with E-state index in [1.54, 1.807) is 0 Å². The van der Waals surface area contributed by atoms with E-state index in [0.29, 0.717) is 0 Å². The van der Waals surface area contributed by atoms with E-state index < -0.39 is 21.5 Å². The average Bonchev–Trinajstić information content (AvgIpc) is 2.15. The van der Waals surface area contributed by atoms with Crippen LogP contribution in [-0.4, -0.2) is 24.8 Å². The Balaban J connectivity index is 3.10. The first kappa shape index (κ1) is 13.9. The number of pyridine rings is 1. The largest absolute Gasteiger partial charge is 0.368 e. The molecule has 1 amide bonds. The highest BCUT2D eigenvalue weighted by atomic mass is 35.5. The molecule has 0 aliphatic carbocycles. The molecular weight excluding hydrogens is 266 g/mol. The van der Waals surface area contributed by atoms with E-state index in [4.69, 9.17) is 17.3 Å². The highest BCUT2D eigenvalue weighted by Gasteiger charge is 2.31. The van der Waals surface area contributed by atoms with Crippen molar-refractivity contribution in [3.05, 3.63) is 23.5 Å². The van der Waals surface area contributed by atoms with Crippen molar-refractivity contribution in [2.45, 2.75) is 24.3 Å². The van der Waals surface area contributed by atoms with Gasteiger partial charge in [0, 0.05) is 6.20 Å². The fourth-order valence-corrected chi connectivity index (χ4v) is 2.63. The number of amides is 1. The summed E-state index contributed by atoms with van der Waals surface area (Å²) in [7, 11) is -3.86. The molecule has 0 aliphatic rings. The Labute approximate surface area is 104 Å². The van der Waals surface area contributed by atoms with Gasteiger partial charge in [0.15, 0.2) is 0 Å². The van der Waals surface area contributed by atoms with E-state index in [9.17, 15) is 13.2 Å². The molecular formula is C9H12ClN3O3S. The summed E-state index contributed by atoms with van der Waals surface area (Å²) in [5.41, 5.74) is 3.70. The van der Waals surface area contributed by atoms with E-state index in [-0.39, 0.29) is 10.0 Å². The van der Waals surface area contributed by atoms with Gasteiger partial charge in [-0.05, 0) is 26.0 Å². The minimum absolute atomic E-state index is 0.0461. The zero-order valence-corrected chi connectivity index (χ0v) is 10.8. The molecule has 0 saturated heterocycles. The van der Waals surface area contributed by atoms with Crippen molar-refractivity contribution in [2.75, 3.05) is 0 Å². The highest BCUT2D eigenvalue weighted by Crippen LogP contribution is 2.15. The average molecular weight is 278 g/mol. The summed E-state index contributed by atoms with van der Waals surface area (Å²) in [5.74, 6) is -0.777. The zero-order valence-electron chi connectivity index (χ0n) is 9.27. The minimum Gasteiger partial charge on any atom is -0.368 e. The van der Waals surface area contributed by atoms with Crippen LogP contribution >= 0.6 is 11.6 Å². The number of aromatic nitrogens is 1. The maximum atomic E-state index is 11.9. The third-order valence-electron chi connectivity index (χ3n) is 2.01. The number of rotatable bonds is 4. The first-order chi connectivity index (χ1) is 7.65. The van der Waals surface area contributed by atoms with Crippen molar-refractivity contribution in [3.63, 3.8) is 0 Å². The van der Waals surface area contributed by atoms with Crippen LogP contribution in [0, 0.1) is 0 Å². The molecule has 1 rings (SSSR count). The number of nitrogens with one attached hydrogen (secondary N) is 1. The lowest BCUT2D eigenvalue weighted by molar-refractivity contribution is -0.122. The van der Waals surface area contributed by atoms with Gasteiger partial charge >= 0.3 is 0 Å². The lowest BCUT2D eigenvalue weighted by Crippen LogP contribution is -2.52. The second-order valence-electron chi connectivity index (χ2n) is 3.91. The second kappa shape index (κ2) is 4.59. The Kier molecular flexibility index (Phi) is 3.75. The van der Waals surface area contributed by atoms with Crippen LogP contribution in [-0.2, 0) is 14.8 Å². The van der Waals surface area contributed by atoms with Crippen LogP contribution in [0.25, 0.3) is 0 Å². The number of primary amides is 1. The zero-order chi connectivity index (χ0) is 13.3. The second-order valence-corrected chi connectivity index (χ2v) is 5.98. The van der Waals surface area contributed by atoms with Crippen molar-refractivity contribution in [2.24, 2.45) is 5.73 Å². The van der Waals surface area contributed by atoms with E-state index in [0.717, 1.165) is 0 Å². The van der Waals surface area contributed by atoms with E-state index >= 15 is 0 Å². The Hall–Kier alpha value is -1.18. The quantitative estimate of drug-likeness (QED) is 0.772. The van der Waals surface area contributed by atoms with Gasteiger partial charge in [-0.2, -0.15) is 4.72 Å². The molecule has 0 saturated carbocycles. The van der Waals surface area contributed by atoms with Crippen molar-refractivity contribution in [1.29, 1.82) is 0 Å². The molecule has 0 bridgehead atoms. The molecule has 94 valence electrons. The molecule has 0 unspecified atom stereocenters. The predicted molar refractivity (Wildman–Crippen MR) is 62.8 cm³/mol. The Morgan fingerprint density at radius 1 is 1.53 bits per heavy atom. The summed E-state index contributed by atoms with van der Waals surface area (Å²) in [6.45, 7) is 2.74. The monoisotopic (exact) mass is 277 g/mol. The fourth-order valence-electron chi connectivity index (χ4n) is 0.997. The van der Waals surface area contributed by atoms with Crippen LogP contribution in [0.3, 0.4) is 0 Å². The fraction of sp³-hybridized carbons (Fsp3) is 0.333. The molecule has 6 nitrogen and oxygen atoms in total. The molecule has 0 spiro atoms.